The fraction of sp³-hybridized carbons (Fsp3) is 0.429. The van der Waals surface area contributed by atoms with E-state index in [-0.39, 0.29) is 29.0 Å². The van der Waals surface area contributed by atoms with Crippen LogP contribution in [0.2, 0.25) is 0 Å². The van der Waals surface area contributed by atoms with Gasteiger partial charge in [0.05, 0.1) is 39.4 Å². The van der Waals surface area contributed by atoms with Crippen molar-refractivity contribution >= 4 is 12.3 Å². The Bertz CT molecular complexity index is 512. The minimum absolute atomic E-state index is 0.203. The van der Waals surface area contributed by atoms with Gasteiger partial charge in [0.1, 0.15) is 17.6 Å². The van der Waals surface area contributed by atoms with Gasteiger partial charge in [0.25, 0.3) is 0 Å². The maximum absolute atomic E-state index is 11.1. The third-order valence-corrected chi connectivity index (χ3v) is 3.00. The molecule has 2 unspecified atom stereocenters. The van der Waals surface area contributed by atoms with E-state index in [2.05, 4.69) is 4.74 Å². The Kier molecular flexibility index (Phi) is 6.13. The summed E-state index contributed by atoms with van der Waals surface area (Å²) < 4.78 is 14.6. The molecular formula is C14H18O7. The van der Waals surface area contributed by atoms with E-state index in [1.165, 1.54) is 33.5 Å². The number of aliphatic hydroxyl groups is 2. The summed E-state index contributed by atoms with van der Waals surface area (Å²) in [6, 6.07) is 2.77. The van der Waals surface area contributed by atoms with Crippen LogP contribution in [0.25, 0.3) is 0 Å². The standard InChI is InChI=1S/C14H18O7/c1-19-11-5-9(12(20-2)4-8(11)7-15)14(18)10(16)6-13(17)21-3/h4-5,7,10,14,16,18H,6H2,1-3H3. The number of aldehydes is 1. The van der Waals surface area contributed by atoms with Crippen molar-refractivity contribution < 1.29 is 34.0 Å². The van der Waals surface area contributed by atoms with Crippen molar-refractivity contribution in [3.8, 4) is 11.5 Å². The first-order chi connectivity index (χ1) is 9.98. The first kappa shape index (κ1) is 16.9. The molecule has 0 spiro atoms. The lowest BCUT2D eigenvalue weighted by Crippen LogP contribution is -2.23. The minimum atomic E-state index is -1.39. The monoisotopic (exact) mass is 298 g/mol. The van der Waals surface area contributed by atoms with Gasteiger partial charge in [0.2, 0.25) is 0 Å². The van der Waals surface area contributed by atoms with Crippen molar-refractivity contribution in [3.63, 3.8) is 0 Å². The van der Waals surface area contributed by atoms with Gasteiger partial charge < -0.3 is 24.4 Å². The fourth-order valence-corrected chi connectivity index (χ4v) is 1.84. The topological polar surface area (TPSA) is 102 Å². The van der Waals surface area contributed by atoms with E-state index in [4.69, 9.17) is 9.47 Å². The molecule has 2 N–H and O–H groups in total. The summed E-state index contributed by atoms with van der Waals surface area (Å²) in [6.07, 6.45) is -2.56. The SMILES string of the molecule is COC(=O)CC(O)C(O)c1cc(OC)c(C=O)cc1OC. The summed E-state index contributed by atoms with van der Waals surface area (Å²) in [7, 11) is 3.92. The average Bonchev–Trinajstić information content (AvgIpc) is 2.52. The van der Waals surface area contributed by atoms with E-state index < -0.39 is 18.2 Å². The van der Waals surface area contributed by atoms with Gasteiger partial charge in [-0.05, 0) is 12.1 Å². The van der Waals surface area contributed by atoms with Crippen LogP contribution in [0.4, 0.5) is 0 Å². The second-order valence-corrected chi connectivity index (χ2v) is 4.25. The van der Waals surface area contributed by atoms with Gasteiger partial charge in [-0.15, -0.1) is 0 Å². The zero-order chi connectivity index (χ0) is 16.0. The van der Waals surface area contributed by atoms with Crippen LogP contribution in [0, 0.1) is 0 Å². The predicted molar refractivity (Wildman–Crippen MR) is 72.5 cm³/mol. The molecular weight excluding hydrogens is 280 g/mol. The van der Waals surface area contributed by atoms with Gasteiger partial charge in [0.15, 0.2) is 6.29 Å². The summed E-state index contributed by atoms with van der Waals surface area (Å²) in [5.41, 5.74) is 0.448. The Hall–Kier alpha value is -2.12. The van der Waals surface area contributed by atoms with Crippen molar-refractivity contribution in [3.05, 3.63) is 23.3 Å². The molecule has 0 aliphatic rings. The predicted octanol–water partition coefficient (Wildman–Crippen LogP) is 0.474. The quantitative estimate of drug-likeness (QED) is 0.557. The molecule has 0 aliphatic carbocycles. The lowest BCUT2D eigenvalue weighted by atomic mass is 9.99. The third-order valence-electron chi connectivity index (χ3n) is 3.00. The summed E-state index contributed by atoms with van der Waals surface area (Å²) in [5, 5.41) is 20.0. The third kappa shape index (κ3) is 3.93. The van der Waals surface area contributed by atoms with Crippen molar-refractivity contribution in [2.24, 2.45) is 0 Å². The highest BCUT2D eigenvalue weighted by Crippen LogP contribution is 2.34. The van der Waals surface area contributed by atoms with Crippen LogP contribution in [-0.4, -0.2) is 49.9 Å². The molecule has 0 fully saturated rings. The van der Waals surface area contributed by atoms with Gasteiger partial charge in [-0.3, -0.25) is 9.59 Å². The summed E-state index contributed by atoms with van der Waals surface area (Å²) in [6.45, 7) is 0. The van der Waals surface area contributed by atoms with E-state index in [9.17, 15) is 19.8 Å². The minimum Gasteiger partial charge on any atom is -0.496 e. The van der Waals surface area contributed by atoms with Crippen LogP contribution in [0.15, 0.2) is 12.1 Å². The fourth-order valence-electron chi connectivity index (χ4n) is 1.84. The lowest BCUT2D eigenvalue weighted by Gasteiger charge is -2.20. The van der Waals surface area contributed by atoms with Crippen molar-refractivity contribution in [1.29, 1.82) is 0 Å². The highest BCUT2D eigenvalue weighted by Gasteiger charge is 2.26. The molecule has 0 heterocycles. The second-order valence-electron chi connectivity index (χ2n) is 4.25. The van der Waals surface area contributed by atoms with E-state index in [1.807, 2.05) is 0 Å². The molecule has 1 aromatic carbocycles. The van der Waals surface area contributed by atoms with Crippen molar-refractivity contribution in [1.82, 2.24) is 0 Å². The van der Waals surface area contributed by atoms with Crippen molar-refractivity contribution in [2.75, 3.05) is 21.3 Å². The van der Waals surface area contributed by atoms with Crippen LogP contribution in [0.1, 0.15) is 28.4 Å². The zero-order valence-corrected chi connectivity index (χ0v) is 12.0. The molecule has 0 saturated carbocycles. The van der Waals surface area contributed by atoms with E-state index in [0.717, 1.165) is 0 Å². The van der Waals surface area contributed by atoms with E-state index >= 15 is 0 Å². The average molecular weight is 298 g/mol. The van der Waals surface area contributed by atoms with E-state index in [0.29, 0.717) is 6.29 Å². The first-order valence-electron chi connectivity index (χ1n) is 6.12. The molecule has 7 nitrogen and oxygen atoms in total. The maximum Gasteiger partial charge on any atom is 0.308 e. The zero-order valence-electron chi connectivity index (χ0n) is 12.0. The lowest BCUT2D eigenvalue weighted by molar-refractivity contribution is -0.144. The normalized spacial score (nSPS) is 13.2. The number of methoxy groups -OCH3 is 3. The molecule has 1 aromatic rings. The van der Waals surface area contributed by atoms with Gasteiger partial charge in [-0.25, -0.2) is 0 Å². The molecule has 116 valence electrons. The second kappa shape index (κ2) is 7.61. The van der Waals surface area contributed by atoms with Gasteiger partial charge in [-0.1, -0.05) is 0 Å². The first-order valence-corrected chi connectivity index (χ1v) is 6.12. The van der Waals surface area contributed by atoms with Gasteiger partial charge >= 0.3 is 5.97 Å². The Morgan fingerprint density at radius 1 is 1.19 bits per heavy atom. The molecule has 0 radical (unpaired) electrons. The number of ether oxygens (including phenoxy) is 3. The molecule has 21 heavy (non-hydrogen) atoms. The van der Waals surface area contributed by atoms with Crippen molar-refractivity contribution in [2.45, 2.75) is 18.6 Å². The number of hydrogen-bond acceptors (Lipinski definition) is 7. The largest absolute Gasteiger partial charge is 0.496 e. The van der Waals surface area contributed by atoms with Gasteiger partial charge in [0, 0.05) is 5.56 Å². The van der Waals surface area contributed by atoms with Crippen LogP contribution in [-0.2, 0) is 9.53 Å². The van der Waals surface area contributed by atoms with Gasteiger partial charge in [-0.2, -0.15) is 0 Å². The molecule has 7 heteroatoms. The molecule has 0 bridgehead atoms. The molecule has 1 rings (SSSR count). The number of hydrogen-bond donors (Lipinski definition) is 2. The molecule has 0 amide bonds. The van der Waals surface area contributed by atoms with Crippen LogP contribution in [0.3, 0.4) is 0 Å². The number of carbonyl (C=O) groups is 2. The number of benzene rings is 1. The van der Waals surface area contributed by atoms with Crippen LogP contribution in [0.5, 0.6) is 11.5 Å². The Labute approximate surface area is 122 Å². The van der Waals surface area contributed by atoms with E-state index in [1.54, 1.807) is 0 Å². The number of aliphatic hydroxyl groups excluding tert-OH is 2. The summed E-state index contributed by atoms with van der Waals surface area (Å²) in [5.74, 6) is -0.226. The van der Waals surface area contributed by atoms with Crippen LogP contribution < -0.4 is 9.47 Å². The Morgan fingerprint density at radius 3 is 2.29 bits per heavy atom. The van der Waals surface area contributed by atoms with Crippen LogP contribution >= 0.6 is 0 Å². The summed E-state index contributed by atoms with van der Waals surface area (Å²) in [4.78, 5) is 22.1. The Morgan fingerprint density at radius 2 is 1.81 bits per heavy atom. The molecule has 0 aliphatic heterocycles. The smallest absolute Gasteiger partial charge is 0.308 e. The molecule has 0 aromatic heterocycles. The maximum atomic E-state index is 11.1. The number of rotatable bonds is 7. The number of esters is 1. The number of carbonyl (C=O) groups excluding carboxylic acids is 2. The molecule has 0 saturated heterocycles. The molecule has 2 atom stereocenters. The Balaban J connectivity index is 3.15. The highest BCUT2D eigenvalue weighted by atomic mass is 16.5. The summed E-state index contributed by atoms with van der Waals surface area (Å²) >= 11 is 0. The highest BCUT2D eigenvalue weighted by molar-refractivity contribution is 5.81.